The minimum atomic E-state index is 0.574. The molecule has 40 valence electrons. The lowest BCUT2D eigenvalue weighted by atomic mass is 9.82. The highest BCUT2D eigenvalue weighted by Crippen LogP contribution is 2.66. The second-order valence-corrected chi connectivity index (χ2v) is 3.33. The van der Waals surface area contributed by atoms with E-state index in [-0.39, 0.29) is 0 Å². The first kappa shape index (κ1) is 3.90. The van der Waals surface area contributed by atoms with Gasteiger partial charge in [-0.1, -0.05) is 6.92 Å². The Morgan fingerprint density at radius 3 is 2.29 bits per heavy atom. The Kier molecular flexibility index (Phi) is 0.419. The molecule has 0 amide bonds. The van der Waals surface area contributed by atoms with Gasteiger partial charge in [-0.2, -0.15) is 0 Å². The molecule has 3 atom stereocenters. The smallest absolute Gasteiger partial charge is 0.00778 e. The Bertz CT molecular complexity index is 111. The predicted octanol–water partition coefficient (Wildman–Crippen LogP) is 0.744. The molecule has 0 saturated heterocycles. The fourth-order valence-electron chi connectivity index (χ4n) is 1.87. The second-order valence-electron chi connectivity index (χ2n) is 3.33. The maximum Gasteiger partial charge on any atom is 0.00778 e. The molecule has 0 aromatic carbocycles. The molecule has 2 rings (SSSR count). The molecule has 0 heterocycles. The van der Waals surface area contributed by atoms with E-state index in [0.717, 1.165) is 11.3 Å². The summed E-state index contributed by atoms with van der Waals surface area (Å²) in [7, 11) is 0. The molecule has 2 aliphatic carbocycles. The third-order valence-corrected chi connectivity index (χ3v) is 2.64. The van der Waals surface area contributed by atoms with Crippen molar-refractivity contribution < 1.29 is 0 Å². The normalized spacial score (nSPS) is 66.0. The van der Waals surface area contributed by atoms with Gasteiger partial charge in [0.15, 0.2) is 0 Å². The Morgan fingerprint density at radius 1 is 1.57 bits per heavy atom. The van der Waals surface area contributed by atoms with Crippen molar-refractivity contribution in [2.24, 2.45) is 17.1 Å². The Hall–Kier alpha value is -0.0400. The molecular weight excluding hydrogens is 86.1 g/mol. The van der Waals surface area contributed by atoms with E-state index < -0.39 is 0 Å². The largest absolute Gasteiger partial charge is 0.327 e. The van der Waals surface area contributed by atoms with Crippen molar-refractivity contribution in [3.8, 4) is 0 Å². The van der Waals surface area contributed by atoms with Crippen molar-refractivity contribution in [1.29, 1.82) is 0 Å². The molecule has 0 radical (unpaired) electrons. The van der Waals surface area contributed by atoms with Gasteiger partial charge in [-0.3, -0.25) is 0 Å². The zero-order valence-corrected chi connectivity index (χ0v) is 4.65. The van der Waals surface area contributed by atoms with Gasteiger partial charge in [0, 0.05) is 6.04 Å². The van der Waals surface area contributed by atoms with Crippen LogP contribution in [0.5, 0.6) is 0 Å². The maximum absolute atomic E-state index is 5.65. The summed E-state index contributed by atoms with van der Waals surface area (Å²) in [6, 6.07) is 0.574. The molecule has 1 nitrogen and oxygen atoms in total. The summed E-state index contributed by atoms with van der Waals surface area (Å²) >= 11 is 0. The number of nitrogens with two attached hydrogens (primary N) is 1. The average molecular weight is 97.2 g/mol. The molecular formula is C6H11N. The molecule has 0 bridgehead atoms. The van der Waals surface area contributed by atoms with Crippen LogP contribution in [0.2, 0.25) is 0 Å². The summed E-state index contributed by atoms with van der Waals surface area (Å²) in [5.74, 6) is 0.924. The van der Waals surface area contributed by atoms with Crippen LogP contribution in [0, 0.1) is 11.3 Å². The van der Waals surface area contributed by atoms with Crippen LogP contribution in [0.4, 0.5) is 0 Å². The van der Waals surface area contributed by atoms with Gasteiger partial charge in [-0.05, 0) is 24.2 Å². The van der Waals surface area contributed by atoms with Crippen LogP contribution in [0.25, 0.3) is 0 Å². The van der Waals surface area contributed by atoms with Crippen LogP contribution in [-0.4, -0.2) is 6.04 Å². The monoisotopic (exact) mass is 97.1 g/mol. The standard InChI is InChI=1S/C6H11N/c1-6-2-4(6)5(7)3-6/h4-5H,2-3,7H2,1H3/t4?,5-,6+/m1/s1. The lowest BCUT2D eigenvalue weighted by molar-refractivity contribution is 0.272. The lowest BCUT2D eigenvalue weighted by Crippen LogP contribution is -2.36. The Balaban J connectivity index is 2.12. The molecule has 0 aliphatic heterocycles. The van der Waals surface area contributed by atoms with E-state index in [1.54, 1.807) is 0 Å². The van der Waals surface area contributed by atoms with Crippen LogP contribution in [-0.2, 0) is 0 Å². The first-order chi connectivity index (χ1) is 3.22. The van der Waals surface area contributed by atoms with Crippen LogP contribution in [0.3, 0.4) is 0 Å². The highest BCUT2D eigenvalue weighted by atomic mass is 14.8. The number of hydrogen-bond acceptors (Lipinski definition) is 1. The van der Waals surface area contributed by atoms with Crippen molar-refractivity contribution in [1.82, 2.24) is 0 Å². The van der Waals surface area contributed by atoms with Gasteiger partial charge in [-0.15, -0.1) is 0 Å². The zero-order chi connectivity index (χ0) is 5.07. The average Bonchev–Trinajstić information content (AvgIpc) is 2.10. The highest BCUT2D eigenvalue weighted by Gasteiger charge is 2.62. The number of rotatable bonds is 0. The van der Waals surface area contributed by atoms with Gasteiger partial charge in [0.1, 0.15) is 0 Å². The first-order valence-corrected chi connectivity index (χ1v) is 2.98. The minimum absolute atomic E-state index is 0.574. The number of hydrogen-bond donors (Lipinski definition) is 1. The molecule has 1 heteroatoms. The molecule has 2 N–H and O–H groups in total. The third-order valence-electron chi connectivity index (χ3n) is 2.64. The summed E-state index contributed by atoms with van der Waals surface area (Å²) < 4.78 is 0. The van der Waals surface area contributed by atoms with E-state index >= 15 is 0 Å². The van der Waals surface area contributed by atoms with Crippen molar-refractivity contribution in [3.05, 3.63) is 0 Å². The van der Waals surface area contributed by atoms with Crippen molar-refractivity contribution in [2.75, 3.05) is 0 Å². The van der Waals surface area contributed by atoms with Crippen molar-refractivity contribution >= 4 is 0 Å². The maximum atomic E-state index is 5.65. The van der Waals surface area contributed by atoms with Gasteiger partial charge in [0.2, 0.25) is 0 Å². The van der Waals surface area contributed by atoms with E-state index in [4.69, 9.17) is 5.73 Å². The molecule has 2 saturated carbocycles. The van der Waals surface area contributed by atoms with E-state index in [2.05, 4.69) is 6.92 Å². The second kappa shape index (κ2) is 0.752. The molecule has 1 unspecified atom stereocenters. The molecule has 2 aliphatic rings. The zero-order valence-electron chi connectivity index (χ0n) is 4.65. The SMILES string of the molecule is C[C@@]12CC1[C@H](N)C2. The van der Waals surface area contributed by atoms with Gasteiger partial charge >= 0.3 is 0 Å². The van der Waals surface area contributed by atoms with Gasteiger partial charge in [0.05, 0.1) is 0 Å². The molecule has 0 spiro atoms. The fraction of sp³-hybridized carbons (Fsp3) is 1.00. The number of fused-ring (bicyclic) bond motifs is 1. The summed E-state index contributed by atoms with van der Waals surface area (Å²) in [4.78, 5) is 0. The molecule has 0 aromatic heterocycles. The third kappa shape index (κ3) is 0.290. The molecule has 0 aromatic rings. The van der Waals surface area contributed by atoms with E-state index in [1.807, 2.05) is 0 Å². The van der Waals surface area contributed by atoms with E-state index in [9.17, 15) is 0 Å². The molecule has 2 fully saturated rings. The van der Waals surface area contributed by atoms with E-state index in [1.165, 1.54) is 12.8 Å². The van der Waals surface area contributed by atoms with Crippen molar-refractivity contribution in [2.45, 2.75) is 25.8 Å². The first-order valence-electron chi connectivity index (χ1n) is 2.98. The minimum Gasteiger partial charge on any atom is -0.327 e. The van der Waals surface area contributed by atoms with Crippen molar-refractivity contribution in [3.63, 3.8) is 0 Å². The lowest BCUT2D eigenvalue weighted by Gasteiger charge is -2.27. The quantitative estimate of drug-likeness (QED) is 0.474. The summed E-state index contributed by atoms with van der Waals surface area (Å²) in [6.07, 6.45) is 2.70. The van der Waals surface area contributed by atoms with Gasteiger partial charge in [-0.25, -0.2) is 0 Å². The molecule has 7 heavy (non-hydrogen) atoms. The topological polar surface area (TPSA) is 26.0 Å². The Morgan fingerprint density at radius 2 is 2.29 bits per heavy atom. The van der Waals surface area contributed by atoms with Crippen LogP contribution < -0.4 is 5.73 Å². The van der Waals surface area contributed by atoms with Crippen LogP contribution in [0.1, 0.15) is 19.8 Å². The van der Waals surface area contributed by atoms with Gasteiger partial charge < -0.3 is 5.73 Å². The Labute approximate surface area is 43.9 Å². The summed E-state index contributed by atoms with van der Waals surface area (Å²) in [6.45, 7) is 2.33. The van der Waals surface area contributed by atoms with Gasteiger partial charge in [0.25, 0.3) is 0 Å². The van der Waals surface area contributed by atoms with Crippen LogP contribution >= 0.6 is 0 Å². The van der Waals surface area contributed by atoms with E-state index in [0.29, 0.717) is 6.04 Å². The summed E-state index contributed by atoms with van der Waals surface area (Å²) in [5.41, 5.74) is 6.38. The van der Waals surface area contributed by atoms with Crippen LogP contribution in [0.15, 0.2) is 0 Å². The summed E-state index contributed by atoms with van der Waals surface area (Å²) in [5, 5.41) is 0. The predicted molar refractivity (Wildman–Crippen MR) is 28.8 cm³/mol. The highest BCUT2D eigenvalue weighted by molar-refractivity contribution is 5.14. The fourth-order valence-corrected chi connectivity index (χ4v) is 1.87.